The second-order valence-corrected chi connectivity index (χ2v) is 7.68. The molecule has 0 amide bonds. The number of likely N-dealkylation sites (tertiary alicyclic amines) is 1. The molecule has 5 heteroatoms. The van der Waals surface area contributed by atoms with Crippen LogP contribution in [0.15, 0.2) is 59.7 Å². The highest BCUT2D eigenvalue weighted by atomic mass is 16.1. The number of benzene rings is 1. The molecule has 2 bridgehead atoms. The van der Waals surface area contributed by atoms with Gasteiger partial charge >= 0.3 is 0 Å². The van der Waals surface area contributed by atoms with Crippen molar-refractivity contribution in [3.8, 4) is 22.6 Å². The molecule has 0 radical (unpaired) electrons. The molecule has 2 atom stereocenters. The maximum atomic E-state index is 12.1. The lowest BCUT2D eigenvalue weighted by molar-refractivity contribution is 0.205. The van der Waals surface area contributed by atoms with E-state index in [9.17, 15) is 4.79 Å². The number of rotatable bonds is 4. The SMILES string of the molecule is O=c1cc(-c2cccnc2)nc(-c2ccc(CN3CC4CCC3C4)cc2)[nH]1. The van der Waals surface area contributed by atoms with Gasteiger partial charge < -0.3 is 4.98 Å². The third-order valence-electron chi connectivity index (χ3n) is 5.83. The van der Waals surface area contributed by atoms with E-state index < -0.39 is 0 Å². The van der Waals surface area contributed by atoms with Crippen molar-refractivity contribution >= 4 is 0 Å². The van der Waals surface area contributed by atoms with E-state index in [1.54, 1.807) is 12.4 Å². The molecule has 1 aromatic carbocycles. The van der Waals surface area contributed by atoms with Gasteiger partial charge in [0, 0.05) is 48.7 Å². The van der Waals surface area contributed by atoms with Gasteiger partial charge in [0.05, 0.1) is 5.69 Å². The Morgan fingerprint density at radius 3 is 2.70 bits per heavy atom. The third-order valence-corrected chi connectivity index (χ3v) is 5.83. The first-order valence-electron chi connectivity index (χ1n) is 9.60. The molecule has 1 saturated carbocycles. The second-order valence-electron chi connectivity index (χ2n) is 7.68. The summed E-state index contributed by atoms with van der Waals surface area (Å²) >= 11 is 0. The highest BCUT2D eigenvalue weighted by molar-refractivity contribution is 5.62. The second kappa shape index (κ2) is 6.74. The molecular formula is C22H22N4O. The average Bonchev–Trinajstić information content (AvgIpc) is 3.32. The molecule has 3 aromatic rings. The minimum atomic E-state index is -0.156. The van der Waals surface area contributed by atoms with Gasteiger partial charge in [0.25, 0.3) is 5.56 Å². The lowest BCUT2D eigenvalue weighted by Gasteiger charge is -2.26. The molecule has 1 N–H and O–H groups in total. The first-order chi connectivity index (χ1) is 13.2. The Balaban J connectivity index is 1.38. The lowest BCUT2D eigenvalue weighted by atomic mass is 10.1. The topological polar surface area (TPSA) is 61.9 Å². The average molecular weight is 358 g/mol. The number of nitrogens with zero attached hydrogens (tertiary/aromatic N) is 3. The first kappa shape index (κ1) is 16.4. The molecule has 5 rings (SSSR count). The van der Waals surface area contributed by atoms with Crippen molar-refractivity contribution in [3.05, 3.63) is 70.8 Å². The van der Waals surface area contributed by atoms with Crippen LogP contribution in [0.2, 0.25) is 0 Å². The number of aromatic amines is 1. The van der Waals surface area contributed by atoms with E-state index in [1.165, 1.54) is 37.4 Å². The van der Waals surface area contributed by atoms with Crippen LogP contribution in [0, 0.1) is 5.92 Å². The molecule has 1 saturated heterocycles. The van der Waals surface area contributed by atoms with E-state index >= 15 is 0 Å². The number of pyridine rings is 1. The fourth-order valence-electron chi connectivity index (χ4n) is 4.48. The van der Waals surface area contributed by atoms with Gasteiger partial charge in [0.15, 0.2) is 0 Å². The molecule has 3 heterocycles. The molecule has 2 aromatic heterocycles. The highest BCUT2D eigenvalue weighted by Crippen LogP contribution is 2.38. The Kier molecular flexibility index (Phi) is 4.09. The zero-order valence-electron chi connectivity index (χ0n) is 15.1. The van der Waals surface area contributed by atoms with Gasteiger partial charge in [0.2, 0.25) is 0 Å². The summed E-state index contributed by atoms with van der Waals surface area (Å²) in [5.41, 5.74) is 3.56. The molecule has 0 spiro atoms. The summed E-state index contributed by atoms with van der Waals surface area (Å²) in [6.45, 7) is 2.26. The van der Waals surface area contributed by atoms with Crippen LogP contribution in [0.5, 0.6) is 0 Å². The maximum Gasteiger partial charge on any atom is 0.251 e. The fraction of sp³-hybridized carbons (Fsp3) is 0.318. The van der Waals surface area contributed by atoms with Gasteiger partial charge in [-0.2, -0.15) is 0 Å². The van der Waals surface area contributed by atoms with Crippen molar-refractivity contribution < 1.29 is 0 Å². The Morgan fingerprint density at radius 1 is 1.11 bits per heavy atom. The number of hydrogen-bond acceptors (Lipinski definition) is 4. The van der Waals surface area contributed by atoms with Crippen molar-refractivity contribution in [1.82, 2.24) is 19.9 Å². The van der Waals surface area contributed by atoms with Crippen LogP contribution in [-0.2, 0) is 6.54 Å². The van der Waals surface area contributed by atoms with Crippen LogP contribution in [-0.4, -0.2) is 32.4 Å². The van der Waals surface area contributed by atoms with E-state index in [0.29, 0.717) is 11.5 Å². The third kappa shape index (κ3) is 3.30. The zero-order chi connectivity index (χ0) is 18.2. The molecule has 1 aliphatic carbocycles. The van der Waals surface area contributed by atoms with Crippen LogP contribution in [0.4, 0.5) is 0 Å². The van der Waals surface area contributed by atoms with Crippen LogP contribution >= 0.6 is 0 Å². The van der Waals surface area contributed by atoms with Crippen LogP contribution in [0.3, 0.4) is 0 Å². The fourth-order valence-corrected chi connectivity index (χ4v) is 4.48. The van der Waals surface area contributed by atoms with Crippen LogP contribution in [0.1, 0.15) is 24.8 Å². The lowest BCUT2D eigenvalue weighted by Crippen LogP contribution is -2.31. The number of fused-ring (bicyclic) bond motifs is 2. The Morgan fingerprint density at radius 2 is 2.00 bits per heavy atom. The van der Waals surface area contributed by atoms with Gasteiger partial charge in [0.1, 0.15) is 5.82 Å². The van der Waals surface area contributed by atoms with Gasteiger partial charge in [-0.25, -0.2) is 4.98 Å². The van der Waals surface area contributed by atoms with Gasteiger partial charge in [-0.1, -0.05) is 24.3 Å². The summed E-state index contributed by atoms with van der Waals surface area (Å²) in [6, 6.07) is 14.4. The minimum Gasteiger partial charge on any atom is -0.306 e. The van der Waals surface area contributed by atoms with E-state index in [4.69, 9.17) is 0 Å². The van der Waals surface area contributed by atoms with Crippen molar-refractivity contribution in [2.45, 2.75) is 31.8 Å². The van der Waals surface area contributed by atoms with E-state index in [-0.39, 0.29) is 5.56 Å². The zero-order valence-corrected chi connectivity index (χ0v) is 15.1. The summed E-state index contributed by atoms with van der Waals surface area (Å²) in [6.07, 6.45) is 7.58. The van der Waals surface area contributed by atoms with Crippen molar-refractivity contribution in [2.75, 3.05) is 6.54 Å². The summed E-state index contributed by atoms with van der Waals surface area (Å²) in [4.78, 5) is 26.3. The quantitative estimate of drug-likeness (QED) is 0.776. The highest BCUT2D eigenvalue weighted by Gasteiger charge is 2.37. The number of hydrogen-bond donors (Lipinski definition) is 1. The summed E-state index contributed by atoms with van der Waals surface area (Å²) in [5.74, 6) is 1.51. The predicted octanol–water partition coefficient (Wildman–Crippen LogP) is 3.48. The van der Waals surface area contributed by atoms with E-state index in [2.05, 4.69) is 44.1 Å². The molecule has 2 fully saturated rings. The van der Waals surface area contributed by atoms with Crippen LogP contribution < -0.4 is 5.56 Å². The normalized spacial score (nSPS) is 21.6. The summed E-state index contributed by atoms with van der Waals surface area (Å²) in [7, 11) is 0. The number of H-pyrrole nitrogens is 1. The van der Waals surface area contributed by atoms with Gasteiger partial charge in [-0.3, -0.25) is 14.7 Å². The standard InChI is InChI=1S/C22H22N4O/c27-21-11-20(18-2-1-9-23-12-18)24-22(25-21)17-6-3-15(4-7-17)13-26-14-16-5-8-19(26)10-16/h1-4,6-7,9,11-12,16,19H,5,8,10,13-14H2,(H,24,25,27). The number of nitrogens with one attached hydrogen (secondary N) is 1. The molecule has 2 unspecified atom stereocenters. The molecule has 136 valence electrons. The Hall–Kier alpha value is -2.79. The smallest absolute Gasteiger partial charge is 0.251 e. The Labute approximate surface area is 158 Å². The van der Waals surface area contributed by atoms with Crippen molar-refractivity contribution in [1.29, 1.82) is 0 Å². The maximum absolute atomic E-state index is 12.1. The molecule has 2 aliphatic rings. The molecular weight excluding hydrogens is 336 g/mol. The van der Waals surface area contributed by atoms with E-state index in [0.717, 1.165) is 29.6 Å². The van der Waals surface area contributed by atoms with E-state index in [1.807, 2.05) is 12.1 Å². The monoisotopic (exact) mass is 358 g/mol. The first-order valence-corrected chi connectivity index (χ1v) is 9.60. The molecule has 5 nitrogen and oxygen atoms in total. The van der Waals surface area contributed by atoms with Crippen molar-refractivity contribution in [2.24, 2.45) is 5.92 Å². The summed E-state index contributed by atoms with van der Waals surface area (Å²) < 4.78 is 0. The minimum absolute atomic E-state index is 0.156. The van der Waals surface area contributed by atoms with Crippen LogP contribution in [0.25, 0.3) is 22.6 Å². The van der Waals surface area contributed by atoms with Gasteiger partial charge in [-0.05, 0) is 42.9 Å². The van der Waals surface area contributed by atoms with Gasteiger partial charge in [-0.15, -0.1) is 0 Å². The number of piperidine rings is 1. The van der Waals surface area contributed by atoms with Crippen molar-refractivity contribution in [3.63, 3.8) is 0 Å². The summed E-state index contributed by atoms with van der Waals surface area (Å²) in [5, 5.41) is 0. The number of aromatic nitrogens is 3. The Bertz CT molecular complexity index is 997. The molecule has 27 heavy (non-hydrogen) atoms. The predicted molar refractivity (Wildman–Crippen MR) is 105 cm³/mol. The largest absolute Gasteiger partial charge is 0.306 e. The molecule has 1 aliphatic heterocycles.